The van der Waals surface area contributed by atoms with Gasteiger partial charge in [0.2, 0.25) is 0 Å². The van der Waals surface area contributed by atoms with Crippen LogP contribution in [0, 0.1) is 0 Å². The SMILES string of the molecule is CC/C=C\C/C=C\C/C=C\C/C=C\C/C=C\C/C=C\CCC(=O)OC[C@H](COC(=O)CCC/C=C\C/C=C\C/C=C\CCCCCCCC)OC(=O)CCCCCCC/C=C\C/C=C\C/C=C\CC. The van der Waals surface area contributed by atoms with Gasteiger partial charge in [-0.2, -0.15) is 0 Å². The van der Waals surface area contributed by atoms with Gasteiger partial charge in [-0.1, -0.05) is 218 Å². The van der Waals surface area contributed by atoms with Gasteiger partial charge in [-0.3, -0.25) is 14.4 Å². The molecule has 1 atom stereocenters. The Morgan fingerprint density at radius 2 is 0.609 bits per heavy atom. The molecule has 0 amide bonds. The van der Waals surface area contributed by atoms with Crippen LogP contribution in [-0.4, -0.2) is 37.2 Å². The number of esters is 3. The molecule has 6 heteroatoms. The van der Waals surface area contributed by atoms with E-state index in [0.29, 0.717) is 12.8 Å². The first kappa shape index (κ1) is 64.3. The molecule has 0 bridgehead atoms. The number of carbonyl (C=O) groups is 3. The maximum atomic E-state index is 12.8. The minimum absolute atomic E-state index is 0.141. The molecule has 0 fully saturated rings. The molecular formula is C63H98O6. The second-order valence-corrected chi connectivity index (χ2v) is 17.4. The summed E-state index contributed by atoms with van der Waals surface area (Å²) < 4.78 is 16.7. The van der Waals surface area contributed by atoms with Gasteiger partial charge in [-0.05, 0) is 122 Å². The molecule has 0 N–H and O–H groups in total. The fourth-order valence-electron chi connectivity index (χ4n) is 6.79. The molecule has 0 aromatic rings. The normalized spacial score (nSPS) is 13.3. The Morgan fingerprint density at radius 1 is 0.304 bits per heavy atom. The molecule has 6 nitrogen and oxygen atoms in total. The average Bonchev–Trinajstić information content (AvgIpc) is 3.35. The van der Waals surface area contributed by atoms with Gasteiger partial charge < -0.3 is 14.2 Å². The lowest BCUT2D eigenvalue weighted by molar-refractivity contribution is -0.166. The van der Waals surface area contributed by atoms with Gasteiger partial charge in [0.25, 0.3) is 0 Å². The lowest BCUT2D eigenvalue weighted by atomic mass is 10.1. The van der Waals surface area contributed by atoms with Crippen molar-refractivity contribution in [2.24, 2.45) is 0 Å². The fourth-order valence-corrected chi connectivity index (χ4v) is 6.79. The van der Waals surface area contributed by atoms with Crippen molar-refractivity contribution in [3.8, 4) is 0 Å². The molecule has 0 aromatic heterocycles. The van der Waals surface area contributed by atoms with Crippen LogP contribution in [0.2, 0.25) is 0 Å². The minimum Gasteiger partial charge on any atom is -0.462 e. The highest BCUT2D eigenvalue weighted by molar-refractivity contribution is 5.71. The van der Waals surface area contributed by atoms with E-state index in [0.717, 1.165) is 116 Å². The molecule has 0 radical (unpaired) electrons. The van der Waals surface area contributed by atoms with E-state index in [1.165, 1.54) is 44.9 Å². The first-order valence-electron chi connectivity index (χ1n) is 27.3. The summed E-state index contributed by atoms with van der Waals surface area (Å²) >= 11 is 0. The van der Waals surface area contributed by atoms with E-state index in [1.54, 1.807) is 0 Å². The molecule has 0 aliphatic rings. The van der Waals surface area contributed by atoms with Crippen LogP contribution in [0.3, 0.4) is 0 Å². The van der Waals surface area contributed by atoms with Crippen molar-refractivity contribution in [2.75, 3.05) is 13.2 Å². The van der Waals surface area contributed by atoms with Crippen molar-refractivity contribution in [2.45, 2.75) is 219 Å². The summed E-state index contributed by atoms with van der Waals surface area (Å²) in [4.78, 5) is 38.0. The first-order chi connectivity index (χ1) is 34.0. The molecule has 0 rings (SSSR count). The molecule has 0 heterocycles. The molecule has 0 aromatic carbocycles. The lowest BCUT2D eigenvalue weighted by Gasteiger charge is -2.18. The molecule has 0 unspecified atom stereocenters. The predicted molar refractivity (Wildman–Crippen MR) is 297 cm³/mol. The predicted octanol–water partition coefficient (Wildman–Crippen LogP) is 18.4. The Morgan fingerprint density at radius 3 is 1.01 bits per heavy atom. The van der Waals surface area contributed by atoms with Gasteiger partial charge in [0, 0.05) is 19.3 Å². The van der Waals surface area contributed by atoms with Crippen LogP contribution in [0.25, 0.3) is 0 Å². The van der Waals surface area contributed by atoms with Crippen molar-refractivity contribution >= 4 is 17.9 Å². The molecule has 0 saturated heterocycles. The van der Waals surface area contributed by atoms with E-state index < -0.39 is 6.10 Å². The summed E-state index contributed by atoms with van der Waals surface area (Å²) in [6.07, 6.45) is 79.9. The van der Waals surface area contributed by atoms with Crippen LogP contribution >= 0.6 is 0 Å². The molecule has 69 heavy (non-hydrogen) atoms. The van der Waals surface area contributed by atoms with E-state index >= 15 is 0 Å². The van der Waals surface area contributed by atoms with Crippen LogP contribution in [0.15, 0.2) is 146 Å². The summed E-state index contributed by atoms with van der Waals surface area (Å²) in [5, 5.41) is 0. The number of unbranched alkanes of at least 4 members (excludes halogenated alkanes) is 12. The molecule has 0 aliphatic carbocycles. The lowest BCUT2D eigenvalue weighted by Crippen LogP contribution is -2.30. The number of hydrogen-bond donors (Lipinski definition) is 0. The third-order valence-electron chi connectivity index (χ3n) is 10.8. The second-order valence-electron chi connectivity index (χ2n) is 17.4. The smallest absolute Gasteiger partial charge is 0.306 e. The van der Waals surface area contributed by atoms with Crippen LogP contribution in [0.4, 0.5) is 0 Å². The topological polar surface area (TPSA) is 78.9 Å². The zero-order chi connectivity index (χ0) is 50.0. The minimum atomic E-state index is -0.845. The van der Waals surface area contributed by atoms with Crippen molar-refractivity contribution in [3.05, 3.63) is 146 Å². The van der Waals surface area contributed by atoms with Gasteiger partial charge in [-0.15, -0.1) is 0 Å². The quantitative estimate of drug-likeness (QED) is 0.0262. The maximum absolute atomic E-state index is 12.8. The zero-order valence-corrected chi connectivity index (χ0v) is 44.0. The number of ether oxygens (including phenoxy) is 3. The molecule has 0 aliphatic heterocycles. The Bertz CT molecular complexity index is 1560. The molecular weight excluding hydrogens is 853 g/mol. The Balaban J connectivity index is 4.63. The maximum Gasteiger partial charge on any atom is 0.306 e. The van der Waals surface area contributed by atoms with E-state index in [2.05, 4.69) is 154 Å². The number of rotatable bonds is 47. The summed E-state index contributed by atoms with van der Waals surface area (Å²) in [5.41, 5.74) is 0. The Labute approximate surface area is 423 Å². The Kier molecular flexibility index (Phi) is 52.1. The van der Waals surface area contributed by atoms with Crippen molar-refractivity contribution in [3.63, 3.8) is 0 Å². The first-order valence-corrected chi connectivity index (χ1v) is 27.3. The third-order valence-corrected chi connectivity index (χ3v) is 10.8. The van der Waals surface area contributed by atoms with Crippen LogP contribution in [-0.2, 0) is 28.6 Å². The highest BCUT2D eigenvalue weighted by atomic mass is 16.6. The molecule has 0 saturated carbocycles. The largest absolute Gasteiger partial charge is 0.462 e. The van der Waals surface area contributed by atoms with Gasteiger partial charge in [0.15, 0.2) is 6.10 Å². The van der Waals surface area contributed by atoms with Gasteiger partial charge in [-0.25, -0.2) is 0 Å². The van der Waals surface area contributed by atoms with Gasteiger partial charge >= 0.3 is 17.9 Å². The van der Waals surface area contributed by atoms with Crippen LogP contribution < -0.4 is 0 Å². The zero-order valence-electron chi connectivity index (χ0n) is 44.0. The summed E-state index contributed by atoms with van der Waals surface area (Å²) in [6, 6.07) is 0. The van der Waals surface area contributed by atoms with E-state index in [4.69, 9.17) is 14.2 Å². The monoisotopic (exact) mass is 951 g/mol. The van der Waals surface area contributed by atoms with Crippen molar-refractivity contribution in [1.29, 1.82) is 0 Å². The van der Waals surface area contributed by atoms with Crippen molar-refractivity contribution in [1.82, 2.24) is 0 Å². The highest BCUT2D eigenvalue weighted by Crippen LogP contribution is 2.12. The molecule has 386 valence electrons. The Hall–Kier alpha value is -4.71. The van der Waals surface area contributed by atoms with E-state index in [-0.39, 0.29) is 50.4 Å². The molecule has 0 spiro atoms. The van der Waals surface area contributed by atoms with E-state index in [1.807, 2.05) is 12.2 Å². The van der Waals surface area contributed by atoms with Gasteiger partial charge in [0.05, 0.1) is 0 Å². The van der Waals surface area contributed by atoms with Gasteiger partial charge in [0.1, 0.15) is 13.2 Å². The summed E-state index contributed by atoms with van der Waals surface area (Å²) in [6.45, 7) is 6.26. The van der Waals surface area contributed by atoms with Crippen LogP contribution in [0.1, 0.15) is 213 Å². The number of hydrogen-bond acceptors (Lipinski definition) is 6. The number of carbonyl (C=O) groups excluding carboxylic acids is 3. The third kappa shape index (κ3) is 54.1. The van der Waals surface area contributed by atoms with Crippen molar-refractivity contribution < 1.29 is 28.6 Å². The van der Waals surface area contributed by atoms with Crippen LogP contribution in [0.5, 0.6) is 0 Å². The summed E-state index contributed by atoms with van der Waals surface area (Å²) in [5.74, 6) is -1.10. The average molecular weight is 951 g/mol. The second kappa shape index (κ2) is 55.9. The van der Waals surface area contributed by atoms with E-state index in [9.17, 15) is 14.4 Å². The summed E-state index contributed by atoms with van der Waals surface area (Å²) in [7, 11) is 0. The standard InChI is InChI=1S/C63H98O6/c1-4-7-10-13-16-19-22-25-28-30-31-33-36-38-41-44-47-50-53-56-62(65)68-59-60(69-63(66)57-54-51-48-45-42-39-34-27-24-21-18-15-12-9-6-3)58-67-61(64)55-52-49-46-43-40-37-35-32-29-26-23-20-17-14-11-8-5-2/h7,9-10,12,16,18-19,21,25-29,31,33-35,37-38,41,43,46-47,50,60H,4-6,8,11,13-15,17,20,22-24,30,32,36,39-40,42,44-45,48-49,51-59H2,1-3H3/b10-7-,12-9-,19-16-,21-18-,28-25-,29-26-,33-31-,34-27-,37-35-,41-38-,46-43-,50-47-/t60-/m0/s1. The highest BCUT2D eigenvalue weighted by Gasteiger charge is 2.19. The number of allylic oxidation sites excluding steroid dienone is 24. The fraction of sp³-hybridized carbons (Fsp3) is 0.571.